The van der Waals surface area contributed by atoms with Gasteiger partial charge in [-0.05, 0) is 44.1 Å². The Hall–Kier alpha value is -0.570. The van der Waals surface area contributed by atoms with Crippen LogP contribution in [0.4, 0.5) is 0 Å². The molecular formula is C16H30N2O. The molecule has 0 aliphatic heterocycles. The molecule has 2 atom stereocenters. The molecule has 0 aromatic heterocycles. The summed E-state index contributed by atoms with van der Waals surface area (Å²) in [5, 5.41) is 3.21. The van der Waals surface area contributed by atoms with Gasteiger partial charge in [0.05, 0.1) is 0 Å². The highest BCUT2D eigenvalue weighted by Gasteiger charge is 2.31. The average Bonchev–Trinajstić information content (AvgIpc) is 2.85. The van der Waals surface area contributed by atoms with Gasteiger partial charge in [-0.3, -0.25) is 4.79 Å². The van der Waals surface area contributed by atoms with E-state index in [0.717, 1.165) is 19.4 Å². The molecule has 0 aromatic rings. The summed E-state index contributed by atoms with van der Waals surface area (Å²) in [5.41, 5.74) is 5.76. The second-order valence-electron chi connectivity index (χ2n) is 6.49. The maximum absolute atomic E-state index is 12.2. The van der Waals surface area contributed by atoms with Crippen LogP contribution >= 0.6 is 0 Å². The molecule has 19 heavy (non-hydrogen) atoms. The Morgan fingerprint density at radius 1 is 0.947 bits per heavy atom. The van der Waals surface area contributed by atoms with Crippen molar-refractivity contribution in [1.82, 2.24) is 5.32 Å². The lowest BCUT2D eigenvalue weighted by Crippen LogP contribution is -2.37. The van der Waals surface area contributed by atoms with Crippen LogP contribution < -0.4 is 11.1 Å². The van der Waals surface area contributed by atoms with Crippen LogP contribution in [0.2, 0.25) is 0 Å². The zero-order valence-electron chi connectivity index (χ0n) is 12.2. The molecule has 2 aliphatic carbocycles. The van der Waals surface area contributed by atoms with Gasteiger partial charge in [-0.25, -0.2) is 0 Å². The first-order chi connectivity index (χ1) is 9.31. The Balaban J connectivity index is 1.72. The number of nitrogens with two attached hydrogens (primary N) is 1. The third-order valence-corrected chi connectivity index (χ3v) is 5.09. The van der Waals surface area contributed by atoms with Crippen LogP contribution in [0.5, 0.6) is 0 Å². The van der Waals surface area contributed by atoms with Crippen molar-refractivity contribution in [2.45, 2.75) is 64.2 Å². The molecule has 0 unspecified atom stereocenters. The fourth-order valence-corrected chi connectivity index (χ4v) is 3.78. The average molecular weight is 266 g/mol. The fourth-order valence-electron chi connectivity index (χ4n) is 3.78. The molecule has 2 aliphatic rings. The first-order valence-electron chi connectivity index (χ1n) is 8.29. The number of rotatable bonds is 4. The molecule has 2 rings (SSSR count). The van der Waals surface area contributed by atoms with Gasteiger partial charge in [0, 0.05) is 12.5 Å². The Bertz CT molecular complexity index is 272. The molecule has 0 radical (unpaired) electrons. The van der Waals surface area contributed by atoms with Crippen LogP contribution in [0.25, 0.3) is 0 Å². The lowest BCUT2D eigenvalue weighted by atomic mass is 9.90. The Labute approximate surface area is 117 Å². The van der Waals surface area contributed by atoms with Crippen LogP contribution in [-0.4, -0.2) is 19.0 Å². The minimum absolute atomic E-state index is 0.193. The van der Waals surface area contributed by atoms with Crippen LogP contribution in [0, 0.1) is 17.8 Å². The summed E-state index contributed by atoms with van der Waals surface area (Å²) >= 11 is 0. The monoisotopic (exact) mass is 266 g/mol. The standard InChI is InChI=1S/C16H30N2O/c17-11-14-9-6-10-15(14)16(19)18-12-13-7-4-2-1-3-5-8-13/h13-15H,1-12,17H2,(H,18,19)/t14-,15-/m1/s1. The van der Waals surface area contributed by atoms with Gasteiger partial charge in [-0.2, -0.15) is 0 Å². The summed E-state index contributed by atoms with van der Waals surface area (Å²) in [4.78, 5) is 12.2. The molecule has 0 spiro atoms. The molecule has 110 valence electrons. The summed E-state index contributed by atoms with van der Waals surface area (Å²) in [6.07, 6.45) is 12.8. The number of nitrogens with one attached hydrogen (secondary N) is 1. The van der Waals surface area contributed by atoms with E-state index >= 15 is 0 Å². The molecule has 3 N–H and O–H groups in total. The molecule has 2 saturated carbocycles. The van der Waals surface area contributed by atoms with E-state index in [0.29, 0.717) is 18.4 Å². The second-order valence-corrected chi connectivity index (χ2v) is 6.49. The van der Waals surface area contributed by atoms with Crippen molar-refractivity contribution in [1.29, 1.82) is 0 Å². The van der Waals surface area contributed by atoms with Gasteiger partial charge in [-0.15, -0.1) is 0 Å². The first kappa shape index (κ1) is 14.8. The zero-order chi connectivity index (χ0) is 13.5. The van der Waals surface area contributed by atoms with Gasteiger partial charge in [0.2, 0.25) is 5.91 Å². The molecular weight excluding hydrogens is 236 g/mol. The maximum Gasteiger partial charge on any atom is 0.223 e. The first-order valence-corrected chi connectivity index (χ1v) is 8.29. The van der Waals surface area contributed by atoms with Crippen molar-refractivity contribution >= 4 is 5.91 Å². The fraction of sp³-hybridized carbons (Fsp3) is 0.938. The van der Waals surface area contributed by atoms with E-state index in [9.17, 15) is 4.79 Å². The van der Waals surface area contributed by atoms with E-state index in [1.54, 1.807) is 0 Å². The van der Waals surface area contributed by atoms with Gasteiger partial charge >= 0.3 is 0 Å². The van der Waals surface area contributed by atoms with Gasteiger partial charge in [0.15, 0.2) is 0 Å². The largest absolute Gasteiger partial charge is 0.356 e. The van der Waals surface area contributed by atoms with Crippen LogP contribution in [0.15, 0.2) is 0 Å². The molecule has 3 nitrogen and oxygen atoms in total. The second kappa shape index (κ2) is 7.88. The van der Waals surface area contributed by atoms with Crippen molar-refractivity contribution in [3.8, 4) is 0 Å². The number of hydrogen-bond donors (Lipinski definition) is 2. The lowest BCUT2D eigenvalue weighted by molar-refractivity contribution is -0.126. The van der Waals surface area contributed by atoms with Crippen molar-refractivity contribution in [2.75, 3.05) is 13.1 Å². The van der Waals surface area contributed by atoms with Crippen molar-refractivity contribution in [3.05, 3.63) is 0 Å². The Morgan fingerprint density at radius 2 is 1.63 bits per heavy atom. The van der Waals surface area contributed by atoms with Crippen molar-refractivity contribution in [3.63, 3.8) is 0 Å². The number of amides is 1. The summed E-state index contributed by atoms with van der Waals surface area (Å²) in [6.45, 7) is 1.56. The van der Waals surface area contributed by atoms with E-state index in [4.69, 9.17) is 5.73 Å². The third-order valence-electron chi connectivity index (χ3n) is 5.09. The molecule has 0 bridgehead atoms. The highest BCUT2D eigenvalue weighted by Crippen LogP contribution is 2.31. The summed E-state index contributed by atoms with van der Waals surface area (Å²) in [5.74, 6) is 1.60. The molecule has 1 amide bonds. The minimum Gasteiger partial charge on any atom is -0.356 e. The maximum atomic E-state index is 12.2. The quantitative estimate of drug-likeness (QED) is 0.822. The summed E-state index contributed by atoms with van der Waals surface area (Å²) < 4.78 is 0. The predicted octanol–water partition coefficient (Wildman–Crippen LogP) is 2.84. The number of carbonyl (C=O) groups is 1. The van der Waals surface area contributed by atoms with E-state index < -0.39 is 0 Å². The van der Waals surface area contributed by atoms with E-state index in [2.05, 4.69) is 5.32 Å². The van der Waals surface area contributed by atoms with Gasteiger partial charge in [0.1, 0.15) is 0 Å². The van der Waals surface area contributed by atoms with Crippen LogP contribution in [-0.2, 0) is 4.79 Å². The summed E-state index contributed by atoms with van der Waals surface area (Å²) in [6, 6.07) is 0. The number of carbonyl (C=O) groups excluding carboxylic acids is 1. The predicted molar refractivity (Wildman–Crippen MR) is 78.7 cm³/mol. The number of hydrogen-bond acceptors (Lipinski definition) is 2. The highest BCUT2D eigenvalue weighted by atomic mass is 16.1. The Morgan fingerprint density at radius 3 is 2.32 bits per heavy atom. The third kappa shape index (κ3) is 4.48. The van der Waals surface area contributed by atoms with E-state index in [-0.39, 0.29) is 11.8 Å². The van der Waals surface area contributed by atoms with Crippen LogP contribution in [0.1, 0.15) is 64.2 Å². The highest BCUT2D eigenvalue weighted by molar-refractivity contribution is 5.79. The van der Waals surface area contributed by atoms with Crippen molar-refractivity contribution in [2.24, 2.45) is 23.5 Å². The molecule has 3 heteroatoms. The van der Waals surface area contributed by atoms with Crippen LogP contribution in [0.3, 0.4) is 0 Å². The Kier molecular flexibility index (Phi) is 6.15. The molecule has 0 heterocycles. The molecule has 0 saturated heterocycles. The van der Waals surface area contributed by atoms with Gasteiger partial charge in [0.25, 0.3) is 0 Å². The zero-order valence-corrected chi connectivity index (χ0v) is 12.2. The normalized spacial score (nSPS) is 29.7. The summed E-state index contributed by atoms with van der Waals surface area (Å²) in [7, 11) is 0. The molecule has 2 fully saturated rings. The van der Waals surface area contributed by atoms with E-state index in [1.807, 2.05) is 0 Å². The lowest BCUT2D eigenvalue weighted by Gasteiger charge is -2.22. The minimum atomic E-state index is 0.193. The van der Waals surface area contributed by atoms with Gasteiger partial charge in [-0.1, -0.05) is 38.5 Å². The van der Waals surface area contributed by atoms with Gasteiger partial charge < -0.3 is 11.1 Å². The SMILES string of the molecule is NC[C@H]1CCC[C@H]1C(=O)NCC1CCCCCCC1. The van der Waals surface area contributed by atoms with Crippen molar-refractivity contribution < 1.29 is 4.79 Å². The topological polar surface area (TPSA) is 55.1 Å². The van der Waals surface area contributed by atoms with E-state index in [1.165, 1.54) is 51.4 Å². The smallest absolute Gasteiger partial charge is 0.223 e. The molecule has 0 aromatic carbocycles.